The molecule has 1 heterocycles. The third kappa shape index (κ3) is 3.10. The second-order valence-corrected chi connectivity index (χ2v) is 6.80. The van der Waals surface area contributed by atoms with Crippen LogP contribution in [0.5, 0.6) is 5.75 Å². The van der Waals surface area contributed by atoms with Crippen molar-refractivity contribution in [3.8, 4) is 5.75 Å². The van der Waals surface area contributed by atoms with E-state index in [-0.39, 0.29) is 18.2 Å². The smallest absolute Gasteiger partial charge is 0.262 e. The number of rotatable bonds is 3. The number of aromatic nitrogens is 1. The fourth-order valence-corrected chi connectivity index (χ4v) is 3.21. The third-order valence-corrected chi connectivity index (χ3v) is 4.84. The summed E-state index contributed by atoms with van der Waals surface area (Å²) in [5.41, 5.74) is 1.83. The number of phenolic OH excluding ortho intramolecular Hbond substituents is 1. The lowest BCUT2D eigenvalue weighted by Crippen LogP contribution is -2.20. The van der Waals surface area contributed by atoms with Gasteiger partial charge < -0.3 is 10.4 Å². The van der Waals surface area contributed by atoms with E-state index in [1.54, 1.807) is 31.2 Å². The van der Waals surface area contributed by atoms with Crippen LogP contribution in [-0.2, 0) is 11.2 Å². The summed E-state index contributed by atoms with van der Waals surface area (Å²) in [5, 5.41) is 12.7. The predicted molar refractivity (Wildman–Crippen MR) is 99.9 cm³/mol. The number of benzene rings is 2. The van der Waals surface area contributed by atoms with E-state index in [1.807, 2.05) is 0 Å². The number of likely N-dealkylation sites (N-methyl/N-ethyl adjacent to an activating group) is 1. The van der Waals surface area contributed by atoms with Gasteiger partial charge in [0.05, 0.1) is 11.9 Å². The Morgan fingerprint density at radius 1 is 1.23 bits per heavy atom. The van der Waals surface area contributed by atoms with Crippen molar-refractivity contribution in [2.24, 2.45) is 0 Å². The molecule has 0 unspecified atom stereocenters. The molecular formula is C19H16BrFN2O3. The van der Waals surface area contributed by atoms with Gasteiger partial charge in [0, 0.05) is 34.2 Å². The molecule has 134 valence electrons. The molecule has 0 radical (unpaired) electrons. The number of nitrogens with zero attached hydrogens (tertiary/aromatic N) is 1. The minimum atomic E-state index is -0.827. The molecule has 0 bridgehead atoms. The molecule has 0 aliphatic rings. The molecule has 0 saturated heterocycles. The Morgan fingerprint density at radius 3 is 2.50 bits per heavy atom. The van der Waals surface area contributed by atoms with E-state index >= 15 is 0 Å². The third-order valence-electron chi connectivity index (χ3n) is 4.31. The molecule has 5 nitrogen and oxygen atoms in total. The van der Waals surface area contributed by atoms with E-state index in [0.29, 0.717) is 27.7 Å². The maximum absolute atomic E-state index is 14.0. The first-order chi connectivity index (χ1) is 12.3. The van der Waals surface area contributed by atoms with E-state index < -0.39 is 11.6 Å². The maximum Gasteiger partial charge on any atom is 0.262 e. The van der Waals surface area contributed by atoms with Crippen molar-refractivity contribution in [1.29, 1.82) is 0 Å². The molecule has 26 heavy (non-hydrogen) atoms. The number of amides is 1. The topological polar surface area (TPSA) is 71.3 Å². The summed E-state index contributed by atoms with van der Waals surface area (Å²) in [6.07, 6.45) is 0.0184. The number of nitrogens with one attached hydrogen (secondary N) is 1. The van der Waals surface area contributed by atoms with Gasteiger partial charge >= 0.3 is 0 Å². The monoisotopic (exact) mass is 418 g/mol. The lowest BCUT2D eigenvalue weighted by Gasteiger charge is -2.08. The van der Waals surface area contributed by atoms with Crippen LogP contribution in [0.4, 0.5) is 4.39 Å². The number of fused-ring (bicyclic) bond motifs is 1. The standard InChI is InChI=1S/C19H16BrFN2O3/c1-10-13(8-18(25)22-2)14-7-17(24)15(21)9-16(14)23(10)19(26)11-3-5-12(20)6-4-11/h3-7,9,24H,8H2,1-2H3,(H,22,25). The van der Waals surface area contributed by atoms with Crippen molar-refractivity contribution in [1.82, 2.24) is 9.88 Å². The number of carbonyl (C=O) groups excluding carboxylic acids is 2. The minimum Gasteiger partial charge on any atom is -0.505 e. The Bertz CT molecular complexity index is 1030. The Labute approximate surface area is 157 Å². The van der Waals surface area contributed by atoms with Crippen LogP contribution in [0, 0.1) is 12.7 Å². The summed E-state index contributed by atoms with van der Waals surface area (Å²) in [4.78, 5) is 24.9. The summed E-state index contributed by atoms with van der Waals surface area (Å²) >= 11 is 3.32. The van der Waals surface area contributed by atoms with E-state index in [1.165, 1.54) is 17.7 Å². The van der Waals surface area contributed by atoms with Gasteiger partial charge in [-0.2, -0.15) is 0 Å². The van der Waals surface area contributed by atoms with E-state index in [0.717, 1.165) is 10.5 Å². The van der Waals surface area contributed by atoms with Crippen LogP contribution >= 0.6 is 15.9 Å². The van der Waals surface area contributed by atoms with Gasteiger partial charge in [0.15, 0.2) is 11.6 Å². The van der Waals surface area contributed by atoms with Crippen LogP contribution < -0.4 is 5.32 Å². The zero-order chi connectivity index (χ0) is 19.0. The molecule has 3 aromatic rings. The van der Waals surface area contributed by atoms with Gasteiger partial charge in [-0.1, -0.05) is 15.9 Å². The number of hydrogen-bond acceptors (Lipinski definition) is 3. The lowest BCUT2D eigenvalue weighted by atomic mass is 10.1. The summed E-state index contributed by atoms with van der Waals surface area (Å²) < 4.78 is 16.2. The molecule has 1 amide bonds. The molecule has 0 saturated carbocycles. The number of halogens is 2. The molecule has 2 aromatic carbocycles. The molecule has 0 atom stereocenters. The first kappa shape index (κ1) is 18.1. The highest BCUT2D eigenvalue weighted by Crippen LogP contribution is 2.32. The van der Waals surface area contributed by atoms with Crippen molar-refractivity contribution in [3.63, 3.8) is 0 Å². The van der Waals surface area contributed by atoms with Gasteiger partial charge in [-0.25, -0.2) is 4.39 Å². The van der Waals surface area contributed by atoms with Gasteiger partial charge in [0.25, 0.3) is 5.91 Å². The molecule has 7 heteroatoms. The zero-order valence-corrected chi connectivity index (χ0v) is 15.7. The van der Waals surface area contributed by atoms with Crippen LogP contribution in [-0.4, -0.2) is 28.5 Å². The molecule has 3 rings (SSSR count). The average molecular weight is 419 g/mol. The van der Waals surface area contributed by atoms with Crippen molar-refractivity contribution in [2.75, 3.05) is 7.05 Å². The van der Waals surface area contributed by atoms with Gasteiger partial charge in [-0.15, -0.1) is 0 Å². The highest BCUT2D eigenvalue weighted by Gasteiger charge is 2.22. The summed E-state index contributed by atoms with van der Waals surface area (Å²) in [5.74, 6) is -1.93. The quantitative estimate of drug-likeness (QED) is 0.683. The van der Waals surface area contributed by atoms with Crippen LogP contribution in [0.25, 0.3) is 10.9 Å². The molecule has 0 spiro atoms. The number of carbonyl (C=O) groups is 2. The van der Waals surface area contributed by atoms with E-state index in [9.17, 15) is 19.1 Å². The van der Waals surface area contributed by atoms with Crippen LogP contribution in [0.15, 0.2) is 40.9 Å². The number of hydrogen-bond donors (Lipinski definition) is 2. The van der Waals surface area contributed by atoms with Gasteiger partial charge in [0.2, 0.25) is 5.91 Å². The van der Waals surface area contributed by atoms with E-state index in [2.05, 4.69) is 21.2 Å². The van der Waals surface area contributed by atoms with E-state index in [4.69, 9.17) is 0 Å². The molecule has 0 fully saturated rings. The van der Waals surface area contributed by atoms with Crippen molar-refractivity contribution in [3.05, 3.63) is 63.5 Å². The van der Waals surface area contributed by atoms with Crippen molar-refractivity contribution < 1.29 is 19.1 Å². The lowest BCUT2D eigenvalue weighted by molar-refractivity contribution is -0.119. The highest BCUT2D eigenvalue weighted by molar-refractivity contribution is 9.10. The molecule has 0 aliphatic carbocycles. The second-order valence-electron chi connectivity index (χ2n) is 5.88. The van der Waals surface area contributed by atoms with Crippen LogP contribution in [0.2, 0.25) is 0 Å². The first-order valence-corrected chi connectivity index (χ1v) is 8.66. The molecular weight excluding hydrogens is 403 g/mol. The Kier molecular flexibility index (Phi) is 4.82. The normalized spacial score (nSPS) is 10.9. The number of aromatic hydroxyl groups is 1. The highest BCUT2D eigenvalue weighted by atomic mass is 79.9. The van der Waals surface area contributed by atoms with Crippen molar-refractivity contribution in [2.45, 2.75) is 13.3 Å². The zero-order valence-electron chi connectivity index (χ0n) is 14.1. The van der Waals surface area contributed by atoms with Crippen LogP contribution in [0.1, 0.15) is 21.6 Å². The SMILES string of the molecule is CNC(=O)Cc1c(C)n(C(=O)c2ccc(Br)cc2)c2cc(F)c(O)cc12. The molecule has 2 N–H and O–H groups in total. The first-order valence-electron chi connectivity index (χ1n) is 7.86. The average Bonchev–Trinajstić information content (AvgIpc) is 2.87. The van der Waals surface area contributed by atoms with Gasteiger partial charge in [-0.3, -0.25) is 14.2 Å². The molecule has 0 aliphatic heterocycles. The Hall–Kier alpha value is -2.67. The second kappa shape index (κ2) is 6.92. The summed E-state index contributed by atoms with van der Waals surface area (Å²) in [6.45, 7) is 1.70. The fraction of sp³-hybridized carbons (Fsp3) is 0.158. The minimum absolute atomic E-state index is 0.0184. The van der Waals surface area contributed by atoms with Gasteiger partial charge in [-0.05, 0) is 42.8 Å². The summed E-state index contributed by atoms with van der Waals surface area (Å²) in [7, 11) is 1.51. The maximum atomic E-state index is 14.0. The van der Waals surface area contributed by atoms with Crippen LogP contribution in [0.3, 0.4) is 0 Å². The summed E-state index contributed by atoms with van der Waals surface area (Å²) in [6, 6.07) is 9.17. The Balaban J connectivity index is 2.25. The van der Waals surface area contributed by atoms with Gasteiger partial charge in [0.1, 0.15) is 0 Å². The van der Waals surface area contributed by atoms with Crippen molar-refractivity contribution >= 4 is 38.6 Å². The predicted octanol–water partition coefficient (Wildman–Crippen LogP) is 3.53. The number of phenols is 1. The molecule has 1 aromatic heterocycles. The largest absolute Gasteiger partial charge is 0.505 e. The Morgan fingerprint density at radius 2 is 1.88 bits per heavy atom. The fourth-order valence-electron chi connectivity index (χ4n) is 2.94.